The summed E-state index contributed by atoms with van der Waals surface area (Å²) in [5.74, 6) is 0. The van der Waals surface area contributed by atoms with Crippen molar-refractivity contribution in [2.75, 3.05) is 13.6 Å². The Hall–Kier alpha value is -0.0800. The normalized spacial score (nSPS) is 22.4. The van der Waals surface area contributed by atoms with Crippen LogP contribution in [0.15, 0.2) is 0 Å². The van der Waals surface area contributed by atoms with Gasteiger partial charge in [-0.1, -0.05) is 0 Å². The molecular weight excluding hydrogens is 136 g/mol. The van der Waals surface area contributed by atoms with Crippen molar-refractivity contribution >= 4 is 0 Å². The zero-order valence-electron chi connectivity index (χ0n) is 8.15. The van der Waals surface area contributed by atoms with E-state index in [9.17, 15) is 0 Å². The van der Waals surface area contributed by atoms with E-state index in [1.165, 1.54) is 12.8 Å². The van der Waals surface area contributed by atoms with E-state index in [1.54, 1.807) is 0 Å². The van der Waals surface area contributed by atoms with Crippen molar-refractivity contribution in [2.24, 2.45) is 5.73 Å². The van der Waals surface area contributed by atoms with Crippen LogP contribution in [0.2, 0.25) is 0 Å². The first-order chi connectivity index (χ1) is 4.83. The van der Waals surface area contributed by atoms with Gasteiger partial charge in [0.05, 0.1) is 0 Å². The zero-order valence-corrected chi connectivity index (χ0v) is 8.15. The third-order valence-corrected chi connectivity index (χ3v) is 2.59. The second-order valence-corrected chi connectivity index (χ2v) is 4.89. The SMILES string of the molecule is CN(CC1(N)CC1)C(C)(C)C. The van der Waals surface area contributed by atoms with E-state index in [1.807, 2.05) is 0 Å². The van der Waals surface area contributed by atoms with Crippen LogP contribution in [0, 0.1) is 0 Å². The van der Waals surface area contributed by atoms with Gasteiger partial charge in [-0.2, -0.15) is 0 Å². The van der Waals surface area contributed by atoms with Crippen molar-refractivity contribution in [2.45, 2.75) is 44.7 Å². The van der Waals surface area contributed by atoms with Gasteiger partial charge < -0.3 is 5.73 Å². The Morgan fingerprint density at radius 3 is 2.09 bits per heavy atom. The van der Waals surface area contributed by atoms with Crippen LogP contribution in [0.5, 0.6) is 0 Å². The average Bonchev–Trinajstić information content (AvgIpc) is 2.45. The van der Waals surface area contributed by atoms with Gasteiger partial charge in [0.1, 0.15) is 0 Å². The molecule has 11 heavy (non-hydrogen) atoms. The molecule has 0 spiro atoms. The summed E-state index contributed by atoms with van der Waals surface area (Å²) in [5.41, 5.74) is 6.42. The van der Waals surface area contributed by atoms with Crippen molar-refractivity contribution < 1.29 is 0 Å². The Bertz CT molecular complexity index is 142. The highest BCUT2D eigenvalue weighted by atomic mass is 15.2. The molecule has 0 unspecified atom stereocenters. The minimum Gasteiger partial charge on any atom is -0.324 e. The molecule has 0 radical (unpaired) electrons. The molecule has 0 aliphatic heterocycles. The highest BCUT2D eigenvalue weighted by Gasteiger charge is 2.40. The molecule has 1 rings (SSSR count). The van der Waals surface area contributed by atoms with Crippen molar-refractivity contribution in [3.05, 3.63) is 0 Å². The molecule has 1 fully saturated rings. The van der Waals surface area contributed by atoms with Crippen LogP contribution in [0.3, 0.4) is 0 Å². The van der Waals surface area contributed by atoms with Crippen LogP contribution >= 0.6 is 0 Å². The predicted octanol–water partition coefficient (Wildman–Crippen LogP) is 1.21. The van der Waals surface area contributed by atoms with E-state index in [4.69, 9.17) is 5.73 Å². The quantitative estimate of drug-likeness (QED) is 0.651. The molecule has 0 aromatic heterocycles. The molecule has 0 aromatic rings. The molecule has 0 amide bonds. The molecule has 0 saturated heterocycles. The van der Waals surface area contributed by atoms with Gasteiger partial charge in [0.25, 0.3) is 0 Å². The number of hydrogen-bond acceptors (Lipinski definition) is 2. The maximum atomic E-state index is 6.00. The largest absolute Gasteiger partial charge is 0.324 e. The van der Waals surface area contributed by atoms with Gasteiger partial charge in [-0.15, -0.1) is 0 Å². The van der Waals surface area contributed by atoms with Crippen LogP contribution in [0.25, 0.3) is 0 Å². The van der Waals surface area contributed by atoms with Crippen LogP contribution in [0.4, 0.5) is 0 Å². The Morgan fingerprint density at radius 2 is 1.82 bits per heavy atom. The van der Waals surface area contributed by atoms with Gasteiger partial charge >= 0.3 is 0 Å². The molecule has 0 atom stereocenters. The van der Waals surface area contributed by atoms with Crippen LogP contribution in [0.1, 0.15) is 33.6 Å². The molecule has 2 heteroatoms. The van der Waals surface area contributed by atoms with Gasteiger partial charge in [0.15, 0.2) is 0 Å². The minimum absolute atomic E-state index is 0.155. The number of hydrogen-bond donors (Lipinski definition) is 1. The number of nitrogens with zero attached hydrogens (tertiary/aromatic N) is 1. The molecule has 1 aliphatic carbocycles. The third kappa shape index (κ3) is 2.46. The summed E-state index contributed by atoms with van der Waals surface area (Å²) in [5, 5.41) is 0. The number of rotatable bonds is 2. The first kappa shape index (κ1) is 9.01. The standard InChI is InChI=1S/C9H20N2/c1-8(2,3)11(4)7-9(10)5-6-9/h5-7,10H2,1-4H3. The molecule has 0 aromatic carbocycles. The monoisotopic (exact) mass is 156 g/mol. The summed E-state index contributed by atoms with van der Waals surface area (Å²) < 4.78 is 0. The van der Waals surface area contributed by atoms with E-state index in [0.29, 0.717) is 0 Å². The first-order valence-corrected chi connectivity index (χ1v) is 4.34. The molecule has 2 nitrogen and oxygen atoms in total. The van der Waals surface area contributed by atoms with Crippen LogP contribution < -0.4 is 5.73 Å². The molecule has 0 heterocycles. The lowest BCUT2D eigenvalue weighted by atomic mass is 10.1. The topological polar surface area (TPSA) is 29.3 Å². The summed E-state index contributed by atoms with van der Waals surface area (Å²) in [6, 6.07) is 0. The van der Waals surface area contributed by atoms with Gasteiger partial charge in [-0.3, -0.25) is 4.90 Å². The lowest BCUT2D eigenvalue weighted by Gasteiger charge is -2.33. The van der Waals surface area contributed by atoms with Crippen molar-refractivity contribution in [1.29, 1.82) is 0 Å². The number of likely N-dealkylation sites (N-methyl/N-ethyl adjacent to an activating group) is 1. The minimum atomic E-state index is 0.155. The van der Waals surface area contributed by atoms with Crippen LogP contribution in [-0.4, -0.2) is 29.6 Å². The van der Waals surface area contributed by atoms with Crippen molar-refractivity contribution in [1.82, 2.24) is 4.90 Å². The maximum absolute atomic E-state index is 6.00. The van der Waals surface area contributed by atoms with E-state index in [-0.39, 0.29) is 11.1 Å². The summed E-state index contributed by atoms with van der Waals surface area (Å²) in [6.07, 6.45) is 2.40. The Balaban J connectivity index is 2.37. The molecular formula is C9H20N2. The van der Waals surface area contributed by atoms with E-state index < -0.39 is 0 Å². The Morgan fingerprint density at radius 1 is 1.36 bits per heavy atom. The summed E-state index contributed by atoms with van der Waals surface area (Å²) in [6.45, 7) is 7.70. The van der Waals surface area contributed by atoms with Gasteiger partial charge in [0, 0.05) is 17.6 Å². The number of nitrogens with two attached hydrogens (primary N) is 1. The highest BCUT2D eigenvalue weighted by Crippen LogP contribution is 2.33. The Kier molecular flexibility index (Phi) is 2.01. The molecule has 1 saturated carbocycles. The Labute approximate surface area is 69.8 Å². The molecule has 1 aliphatic rings. The van der Waals surface area contributed by atoms with Crippen molar-refractivity contribution in [3.8, 4) is 0 Å². The van der Waals surface area contributed by atoms with E-state index in [0.717, 1.165) is 6.54 Å². The second-order valence-electron chi connectivity index (χ2n) is 4.89. The van der Waals surface area contributed by atoms with E-state index in [2.05, 4.69) is 32.7 Å². The maximum Gasteiger partial charge on any atom is 0.0284 e. The van der Waals surface area contributed by atoms with Gasteiger partial charge in [-0.25, -0.2) is 0 Å². The fraction of sp³-hybridized carbons (Fsp3) is 1.00. The molecule has 2 N–H and O–H groups in total. The van der Waals surface area contributed by atoms with Gasteiger partial charge in [-0.05, 0) is 40.7 Å². The first-order valence-electron chi connectivity index (χ1n) is 4.34. The summed E-state index contributed by atoms with van der Waals surface area (Å²) in [7, 11) is 2.15. The smallest absolute Gasteiger partial charge is 0.0284 e. The summed E-state index contributed by atoms with van der Waals surface area (Å²) in [4.78, 5) is 2.33. The fourth-order valence-electron chi connectivity index (χ4n) is 1.03. The lowest BCUT2D eigenvalue weighted by molar-refractivity contribution is 0.161. The fourth-order valence-corrected chi connectivity index (χ4v) is 1.03. The van der Waals surface area contributed by atoms with Crippen LogP contribution in [-0.2, 0) is 0 Å². The van der Waals surface area contributed by atoms with E-state index >= 15 is 0 Å². The predicted molar refractivity (Wildman–Crippen MR) is 48.5 cm³/mol. The van der Waals surface area contributed by atoms with Crippen molar-refractivity contribution in [3.63, 3.8) is 0 Å². The molecule has 66 valence electrons. The average molecular weight is 156 g/mol. The lowest BCUT2D eigenvalue weighted by Crippen LogP contribution is -2.46. The molecule has 0 bridgehead atoms. The highest BCUT2D eigenvalue weighted by molar-refractivity contribution is 5.01. The summed E-state index contributed by atoms with van der Waals surface area (Å²) >= 11 is 0. The zero-order chi connectivity index (χ0) is 8.70. The van der Waals surface area contributed by atoms with Gasteiger partial charge in [0.2, 0.25) is 0 Å². The third-order valence-electron chi connectivity index (χ3n) is 2.59. The second kappa shape index (κ2) is 2.46.